The van der Waals surface area contributed by atoms with Gasteiger partial charge in [0.1, 0.15) is 5.75 Å². The summed E-state index contributed by atoms with van der Waals surface area (Å²) in [5, 5.41) is 3.28. The number of ether oxygens (including phenoxy) is 1. The van der Waals surface area contributed by atoms with Crippen LogP contribution in [0.25, 0.3) is 0 Å². The van der Waals surface area contributed by atoms with Crippen molar-refractivity contribution in [2.24, 2.45) is 0 Å². The van der Waals surface area contributed by atoms with E-state index in [2.05, 4.69) is 32.2 Å². The molecule has 0 aromatic heterocycles. The van der Waals surface area contributed by atoms with E-state index in [0.29, 0.717) is 12.0 Å². The van der Waals surface area contributed by atoms with E-state index in [9.17, 15) is 4.79 Å². The summed E-state index contributed by atoms with van der Waals surface area (Å²) < 4.78 is 5.38. The number of benzene rings is 1. The zero-order valence-electron chi connectivity index (χ0n) is 15.4. The van der Waals surface area contributed by atoms with Crippen LogP contribution in [0.3, 0.4) is 0 Å². The van der Waals surface area contributed by atoms with Gasteiger partial charge < -0.3 is 10.1 Å². The summed E-state index contributed by atoms with van der Waals surface area (Å²) in [4.78, 5) is 15.1. The van der Waals surface area contributed by atoms with E-state index in [4.69, 9.17) is 4.74 Å². The number of anilines is 1. The highest BCUT2D eigenvalue weighted by Gasteiger charge is 2.40. The van der Waals surface area contributed by atoms with Gasteiger partial charge in [0.2, 0.25) is 0 Å². The molecule has 0 bridgehead atoms. The summed E-state index contributed by atoms with van der Waals surface area (Å²) in [6.45, 7) is 6.56. The van der Waals surface area contributed by atoms with Gasteiger partial charge in [0.15, 0.2) is 0 Å². The second kappa shape index (κ2) is 6.66. The summed E-state index contributed by atoms with van der Waals surface area (Å²) in [6.07, 6.45) is 6.89. The quantitative estimate of drug-likeness (QED) is 0.844. The molecule has 1 saturated carbocycles. The summed E-state index contributed by atoms with van der Waals surface area (Å²) in [5.41, 5.74) is 2.03. The summed E-state index contributed by atoms with van der Waals surface area (Å²) in [6, 6.07) is 6.43. The Morgan fingerprint density at radius 3 is 2.62 bits per heavy atom. The van der Waals surface area contributed by atoms with Crippen molar-refractivity contribution >= 4 is 11.7 Å². The van der Waals surface area contributed by atoms with Crippen molar-refractivity contribution in [3.63, 3.8) is 0 Å². The molecule has 132 valence electrons. The molecule has 0 saturated heterocycles. The summed E-state index contributed by atoms with van der Waals surface area (Å²) in [5.74, 6) is 1.26. The van der Waals surface area contributed by atoms with Gasteiger partial charge in [0.25, 0.3) is 0 Å². The maximum absolute atomic E-state index is 13.1. The lowest BCUT2D eigenvalue weighted by Crippen LogP contribution is -2.57. The van der Waals surface area contributed by atoms with Gasteiger partial charge in [-0.1, -0.05) is 26.2 Å². The highest BCUT2D eigenvalue weighted by Crippen LogP contribution is 2.44. The van der Waals surface area contributed by atoms with Crippen LogP contribution in [0, 0.1) is 0 Å². The first-order valence-electron chi connectivity index (χ1n) is 9.21. The van der Waals surface area contributed by atoms with Crippen LogP contribution in [-0.2, 0) is 0 Å². The molecule has 2 aliphatic rings. The topological polar surface area (TPSA) is 41.6 Å². The van der Waals surface area contributed by atoms with Crippen LogP contribution in [0.5, 0.6) is 5.75 Å². The third-order valence-corrected chi connectivity index (χ3v) is 5.55. The second-order valence-corrected chi connectivity index (χ2v) is 7.96. The molecule has 0 unspecified atom stereocenters. The number of nitrogens with one attached hydrogen (secondary N) is 1. The van der Waals surface area contributed by atoms with Crippen molar-refractivity contribution in [3.8, 4) is 5.75 Å². The first kappa shape index (κ1) is 17.1. The van der Waals surface area contributed by atoms with Crippen LogP contribution in [0.1, 0.15) is 70.8 Å². The molecule has 0 radical (unpaired) electrons. The zero-order chi connectivity index (χ0) is 17.3. The van der Waals surface area contributed by atoms with Gasteiger partial charge in [-0.3, -0.25) is 4.90 Å². The lowest BCUT2D eigenvalue weighted by Gasteiger charge is -2.46. The Bertz CT molecular complexity index is 606. The van der Waals surface area contributed by atoms with Crippen LogP contribution >= 0.6 is 0 Å². The third kappa shape index (κ3) is 3.24. The van der Waals surface area contributed by atoms with Crippen molar-refractivity contribution < 1.29 is 9.53 Å². The standard InChI is InChI=1S/C20H30N2O2/c1-14-13-20(2,3)22(18-11-10-16(24-4)12-17(14)18)19(23)21-15-8-6-5-7-9-15/h10-12,14-15H,5-9,13H2,1-4H3,(H,21,23)/t14-/m0/s1. The molecule has 1 fully saturated rings. The fourth-order valence-electron chi connectivity index (χ4n) is 4.40. The maximum atomic E-state index is 13.1. The molecular formula is C20H30N2O2. The number of hydrogen-bond acceptors (Lipinski definition) is 2. The van der Waals surface area contributed by atoms with Crippen molar-refractivity contribution in [3.05, 3.63) is 23.8 Å². The number of hydrogen-bond donors (Lipinski definition) is 1. The second-order valence-electron chi connectivity index (χ2n) is 7.96. The molecule has 1 aromatic carbocycles. The predicted molar refractivity (Wildman–Crippen MR) is 98.0 cm³/mol. The minimum Gasteiger partial charge on any atom is -0.497 e. The highest BCUT2D eigenvalue weighted by molar-refractivity contribution is 5.95. The zero-order valence-corrected chi connectivity index (χ0v) is 15.4. The summed E-state index contributed by atoms with van der Waals surface area (Å²) >= 11 is 0. The van der Waals surface area contributed by atoms with Crippen LogP contribution in [0.15, 0.2) is 18.2 Å². The lowest BCUT2D eigenvalue weighted by molar-refractivity contribution is 0.228. The molecule has 1 atom stereocenters. The number of rotatable bonds is 2. The van der Waals surface area contributed by atoms with E-state index in [1.54, 1.807) is 7.11 Å². The first-order chi connectivity index (χ1) is 11.4. The Hall–Kier alpha value is -1.71. The summed E-state index contributed by atoms with van der Waals surface area (Å²) in [7, 11) is 1.69. The van der Waals surface area contributed by atoms with Crippen LogP contribution in [0.4, 0.5) is 10.5 Å². The molecule has 1 N–H and O–H groups in total. The van der Waals surface area contributed by atoms with Gasteiger partial charge in [-0.15, -0.1) is 0 Å². The van der Waals surface area contributed by atoms with E-state index in [-0.39, 0.29) is 11.6 Å². The number of nitrogens with zero attached hydrogens (tertiary/aromatic N) is 1. The van der Waals surface area contributed by atoms with Gasteiger partial charge in [0.05, 0.1) is 7.11 Å². The molecule has 1 aromatic rings. The molecule has 24 heavy (non-hydrogen) atoms. The molecule has 4 nitrogen and oxygen atoms in total. The SMILES string of the molecule is COc1ccc2c(c1)[C@@H](C)CC(C)(C)N2C(=O)NC1CCCCC1. The molecule has 2 amide bonds. The number of fused-ring (bicyclic) bond motifs is 1. The molecule has 1 aliphatic heterocycles. The number of carbonyl (C=O) groups is 1. The maximum Gasteiger partial charge on any atom is 0.322 e. The van der Waals surface area contributed by atoms with Crippen LogP contribution < -0.4 is 15.0 Å². The number of methoxy groups -OCH3 is 1. The number of amides is 2. The van der Waals surface area contributed by atoms with E-state index in [1.165, 1.54) is 24.8 Å². The van der Waals surface area contributed by atoms with Crippen molar-refractivity contribution in [1.82, 2.24) is 5.32 Å². The van der Waals surface area contributed by atoms with Gasteiger partial charge in [-0.2, -0.15) is 0 Å². The number of urea groups is 1. The van der Waals surface area contributed by atoms with E-state index in [1.807, 2.05) is 17.0 Å². The smallest absolute Gasteiger partial charge is 0.322 e. The Morgan fingerprint density at radius 2 is 1.96 bits per heavy atom. The van der Waals surface area contributed by atoms with Gasteiger partial charge in [-0.25, -0.2) is 4.79 Å². The fourth-order valence-corrected chi connectivity index (χ4v) is 4.40. The number of carbonyl (C=O) groups excluding carboxylic acids is 1. The molecule has 1 aliphatic carbocycles. The van der Waals surface area contributed by atoms with E-state index < -0.39 is 0 Å². The van der Waals surface area contributed by atoms with E-state index >= 15 is 0 Å². The average molecular weight is 330 g/mol. The van der Waals surface area contributed by atoms with Crippen molar-refractivity contribution in [2.75, 3.05) is 12.0 Å². The predicted octanol–water partition coefficient (Wildman–Crippen LogP) is 4.83. The third-order valence-electron chi connectivity index (χ3n) is 5.55. The lowest BCUT2D eigenvalue weighted by atomic mass is 9.80. The van der Waals surface area contributed by atoms with E-state index in [0.717, 1.165) is 30.7 Å². The van der Waals surface area contributed by atoms with Crippen LogP contribution in [-0.4, -0.2) is 24.7 Å². The Labute approximate surface area is 145 Å². The molecule has 0 spiro atoms. The Balaban J connectivity index is 1.90. The Morgan fingerprint density at radius 1 is 1.25 bits per heavy atom. The first-order valence-corrected chi connectivity index (χ1v) is 9.21. The molecule has 3 rings (SSSR count). The Kier molecular flexibility index (Phi) is 4.75. The average Bonchev–Trinajstić information content (AvgIpc) is 2.54. The van der Waals surface area contributed by atoms with Gasteiger partial charge >= 0.3 is 6.03 Å². The monoisotopic (exact) mass is 330 g/mol. The van der Waals surface area contributed by atoms with Crippen LogP contribution in [0.2, 0.25) is 0 Å². The van der Waals surface area contributed by atoms with Gasteiger partial charge in [0, 0.05) is 17.3 Å². The minimum absolute atomic E-state index is 0.0465. The fraction of sp³-hybridized carbons (Fsp3) is 0.650. The van der Waals surface area contributed by atoms with Crippen molar-refractivity contribution in [1.29, 1.82) is 0 Å². The normalized spacial score (nSPS) is 23.5. The molecule has 1 heterocycles. The highest BCUT2D eigenvalue weighted by atomic mass is 16.5. The minimum atomic E-state index is -0.195. The largest absolute Gasteiger partial charge is 0.497 e. The van der Waals surface area contributed by atoms with Crippen molar-refractivity contribution in [2.45, 2.75) is 76.8 Å². The molecular weight excluding hydrogens is 300 g/mol. The van der Waals surface area contributed by atoms with Gasteiger partial charge in [-0.05, 0) is 62.8 Å². The molecule has 4 heteroatoms.